The van der Waals surface area contributed by atoms with Crippen LogP contribution in [-0.4, -0.2) is 14.9 Å². The summed E-state index contributed by atoms with van der Waals surface area (Å²) in [6.45, 7) is 1.50. The van der Waals surface area contributed by atoms with Crippen LogP contribution in [0.5, 0.6) is 5.75 Å². The minimum atomic E-state index is -0.893. The fourth-order valence-electron chi connectivity index (χ4n) is 1.72. The highest BCUT2D eigenvalue weighted by Crippen LogP contribution is 2.38. The first kappa shape index (κ1) is 16.9. The zero-order valence-corrected chi connectivity index (χ0v) is 14.0. The summed E-state index contributed by atoms with van der Waals surface area (Å²) in [6, 6.07) is 2.19. The molecule has 116 valence electrons. The molecule has 2 aromatic rings. The summed E-state index contributed by atoms with van der Waals surface area (Å²) in [4.78, 5) is 17.8. The van der Waals surface area contributed by atoms with Crippen LogP contribution in [0.4, 0.5) is 10.1 Å². The first-order chi connectivity index (χ1) is 10.3. The monoisotopic (exact) mass is 409 g/mol. The van der Waals surface area contributed by atoms with Crippen molar-refractivity contribution in [3.8, 4) is 5.75 Å². The van der Waals surface area contributed by atoms with E-state index in [0.717, 1.165) is 18.5 Å². The maximum absolute atomic E-state index is 14.0. The molecule has 0 bridgehead atoms. The summed E-state index contributed by atoms with van der Waals surface area (Å²) in [5.74, 6) is -1.41. The Labute approximate surface area is 142 Å². The van der Waals surface area contributed by atoms with Gasteiger partial charge in [-0.1, -0.05) is 39.1 Å². The van der Waals surface area contributed by atoms with Crippen molar-refractivity contribution < 1.29 is 14.1 Å². The van der Waals surface area contributed by atoms with Gasteiger partial charge < -0.3 is 4.74 Å². The Bertz CT molecular complexity index is 728. The second-order valence-electron chi connectivity index (χ2n) is 4.12. The molecule has 0 aliphatic carbocycles. The normalized spacial score (nSPS) is 12.0. The molecule has 0 amide bonds. The summed E-state index contributed by atoms with van der Waals surface area (Å²) in [5.41, 5.74) is -0.315. The van der Waals surface area contributed by atoms with E-state index in [1.165, 1.54) is 6.92 Å². The van der Waals surface area contributed by atoms with Crippen LogP contribution in [0.1, 0.15) is 18.6 Å². The van der Waals surface area contributed by atoms with Crippen LogP contribution < -0.4 is 4.74 Å². The quantitative estimate of drug-likeness (QED) is 0.413. The van der Waals surface area contributed by atoms with E-state index in [9.17, 15) is 14.5 Å². The van der Waals surface area contributed by atoms with Gasteiger partial charge in [-0.05, 0) is 13.0 Å². The molecule has 0 saturated heterocycles. The van der Waals surface area contributed by atoms with E-state index in [2.05, 4.69) is 25.9 Å². The summed E-state index contributed by atoms with van der Waals surface area (Å²) in [5, 5.41) is 11.1. The van der Waals surface area contributed by atoms with E-state index in [1.54, 1.807) is 0 Å². The molecule has 1 aromatic heterocycles. The Morgan fingerprint density at radius 3 is 2.50 bits per heavy atom. The van der Waals surface area contributed by atoms with Gasteiger partial charge in [0.1, 0.15) is 22.7 Å². The predicted molar refractivity (Wildman–Crippen MR) is 81.8 cm³/mol. The molecule has 1 aromatic carbocycles. The summed E-state index contributed by atoms with van der Waals surface area (Å²) in [6.07, 6.45) is 0.263. The lowest BCUT2D eigenvalue weighted by atomic mass is 10.2. The zero-order valence-electron chi connectivity index (χ0n) is 10.9. The number of hydrogen-bond acceptors (Lipinski definition) is 5. The molecule has 6 nitrogen and oxygen atoms in total. The number of aromatic nitrogens is 2. The van der Waals surface area contributed by atoms with Crippen molar-refractivity contribution in [1.29, 1.82) is 0 Å². The molecular formula is C12H7BrCl2FN3O3. The third-order valence-electron chi connectivity index (χ3n) is 2.67. The molecule has 0 aliphatic rings. The topological polar surface area (TPSA) is 78.2 Å². The number of nitrogens with zero attached hydrogens (tertiary/aromatic N) is 3. The molecule has 2 rings (SSSR count). The fourth-order valence-corrected chi connectivity index (χ4v) is 2.76. The van der Waals surface area contributed by atoms with Crippen LogP contribution in [0.2, 0.25) is 10.3 Å². The van der Waals surface area contributed by atoms with E-state index in [1.807, 2.05) is 0 Å². The minimum absolute atomic E-state index is 0.0210. The number of hydrogen-bond donors (Lipinski definition) is 0. The molecule has 0 N–H and O–H groups in total. The number of benzene rings is 1. The lowest BCUT2D eigenvalue weighted by Crippen LogP contribution is -2.09. The van der Waals surface area contributed by atoms with Gasteiger partial charge in [-0.15, -0.1) is 0 Å². The van der Waals surface area contributed by atoms with Gasteiger partial charge in [0.25, 0.3) is 0 Å². The third-order valence-corrected chi connectivity index (χ3v) is 3.73. The predicted octanol–water partition coefficient (Wildman–Crippen LogP) is 4.73. The van der Waals surface area contributed by atoms with Crippen molar-refractivity contribution in [2.75, 3.05) is 0 Å². The van der Waals surface area contributed by atoms with Gasteiger partial charge in [0.05, 0.1) is 10.5 Å². The highest BCUT2D eigenvalue weighted by molar-refractivity contribution is 9.10. The summed E-state index contributed by atoms with van der Waals surface area (Å²) < 4.78 is 19.6. The van der Waals surface area contributed by atoms with Crippen LogP contribution in [0.25, 0.3) is 0 Å². The average molecular weight is 411 g/mol. The number of nitro benzene ring substituents is 1. The zero-order chi connectivity index (χ0) is 16.4. The minimum Gasteiger partial charge on any atom is -0.477 e. The lowest BCUT2D eigenvalue weighted by molar-refractivity contribution is -0.386. The number of rotatable bonds is 4. The largest absolute Gasteiger partial charge is 0.477 e. The number of halogens is 4. The van der Waals surface area contributed by atoms with Crippen LogP contribution in [0.15, 0.2) is 22.9 Å². The average Bonchev–Trinajstić information content (AvgIpc) is 2.41. The molecule has 1 atom stereocenters. The van der Waals surface area contributed by atoms with Gasteiger partial charge in [-0.3, -0.25) is 10.1 Å². The Balaban J connectivity index is 2.45. The van der Waals surface area contributed by atoms with Gasteiger partial charge in [-0.25, -0.2) is 14.4 Å². The lowest BCUT2D eigenvalue weighted by Gasteiger charge is -2.17. The van der Waals surface area contributed by atoms with Crippen molar-refractivity contribution in [2.45, 2.75) is 13.0 Å². The SMILES string of the molecule is CC(Oc1c(F)cc(Br)cc1[N+](=O)[O-])c1c(Cl)ncnc1Cl. The van der Waals surface area contributed by atoms with Gasteiger partial charge in [0, 0.05) is 10.5 Å². The van der Waals surface area contributed by atoms with Gasteiger partial charge in [0.15, 0.2) is 5.82 Å². The standard InChI is InChI=1S/C12H7BrCl2FN3O3/c1-5(9-11(14)17-4-18-12(9)15)22-10-7(16)2-6(13)3-8(10)19(20)21/h2-5H,1H3. The van der Waals surface area contributed by atoms with Crippen molar-refractivity contribution in [1.82, 2.24) is 9.97 Å². The molecule has 1 heterocycles. The van der Waals surface area contributed by atoms with Gasteiger partial charge in [0.2, 0.25) is 5.75 Å². The van der Waals surface area contributed by atoms with Gasteiger partial charge in [-0.2, -0.15) is 0 Å². The third kappa shape index (κ3) is 3.45. The molecule has 10 heteroatoms. The molecule has 0 aliphatic heterocycles. The van der Waals surface area contributed by atoms with Crippen molar-refractivity contribution in [2.24, 2.45) is 0 Å². The van der Waals surface area contributed by atoms with E-state index >= 15 is 0 Å². The Morgan fingerprint density at radius 2 is 1.95 bits per heavy atom. The smallest absolute Gasteiger partial charge is 0.315 e. The van der Waals surface area contributed by atoms with E-state index < -0.39 is 28.3 Å². The van der Waals surface area contributed by atoms with E-state index in [-0.39, 0.29) is 20.3 Å². The van der Waals surface area contributed by atoms with Crippen molar-refractivity contribution in [3.05, 3.63) is 54.7 Å². The van der Waals surface area contributed by atoms with E-state index in [4.69, 9.17) is 27.9 Å². The van der Waals surface area contributed by atoms with Crippen molar-refractivity contribution >= 4 is 44.8 Å². The molecule has 22 heavy (non-hydrogen) atoms. The molecule has 0 radical (unpaired) electrons. The second kappa shape index (κ2) is 6.72. The number of ether oxygens (including phenoxy) is 1. The van der Waals surface area contributed by atoms with Crippen LogP contribution in [0.3, 0.4) is 0 Å². The van der Waals surface area contributed by atoms with Crippen LogP contribution in [0, 0.1) is 15.9 Å². The first-order valence-electron chi connectivity index (χ1n) is 5.77. The fraction of sp³-hybridized carbons (Fsp3) is 0.167. The number of nitro groups is 1. The van der Waals surface area contributed by atoms with Gasteiger partial charge >= 0.3 is 5.69 Å². The highest BCUT2D eigenvalue weighted by atomic mass is 79.9. The van der Waals surface area contributed by atoms with Crippen LogP contribution >= 0.6 is 39.1 Å². The molecule has 0 fully saturated rings. The second-order valence-corrected chi connectivity index (χ2v) is 5.75. The first-order valence-corrected chi connectivity index (χ1v) is 7.32. The Hall–Kier alpha value is -1.51. The Kier molecular flexibility index (Phi) is 5.15. The molecule has 0 saturated carbocycles. The van der Waals surface area contributed by atoms with Crippen LogP contribution in [-0.2, 0) is 0 Å². The summed E-state index contributed by atoms with van der Waals surface area (Å²) >= 11 is 14.8. The van der Waals surface area contributed by atoms with Crippen molar-refractivity contribution in [3.63, 3.8) is 0 Å². The highest BCUT2D eigenvalue weighted by Gasteiger charge is 2.26. The Morgan fingerprint density at radius 1 is 1.36 bits per heavy atom. The maximum Gasteiger partial charge on any atom is 0.315 e. The van der Waals surface area contributed by atoms with E-state index in [0.29, 0.717) is 0 Å². The maximum atomic E-state index is 14.0. The molecular weight excluding hydrogens is 404 g/mol. The molecule has 0 spiro atoms. The summed E-state index contributed by atoms with van der Waals surface area (Å²) in [7, 11) is 0. The molecule has 1 unspecified atom stereocenters.